The smallest absolute Gasteiger partial charge is 0.255 e. The van der Waals surface area contributed by atoms with E-state index in [9.17, 15) is 13.6 Å². The van der Waals surface area contributed by atoms with Gasteiger partial charge in [0.1, 0.15) is 11.6 Å². The molecule has 1 amide bonds. The highest BCUT2D eigenvalue weighted by Crippen LogP contribution is 2.16. The standard InChI is InChI=1S/C19H17F2N3O/c1-12-9-13(2)24(23-12)11-14-3-5-15(6-4-14)19(25)22-18-8-7-16(20)10-17(18)21/h3-10H,11H2,1-2H3,(H,22,25). The Kier molecular flexibility index (Phi) is 4.61. The van der Waals surface area contributed by atoms with E-state index in [0.717, 1.165) is 29.1 Å². The van der Waals surface area contributed by atoms with Crippen LogP contribution in [0.25, 0.3) is 0 Å². The minimum Gasteiger partial charge on any atom is -0.319 e. The Morgan fingerprint density at radius 1 is 1.08 bits per heavy atom. The molecule has 0 saturated heterocycles. The van der Waals surface area contributed by atoms with Gasteiger partial charge in [-0.2, -0.15) is 5.10 Å². The number of hydrogen-bond donors (Lipinski definition) is 1. The SMILES string of the molecule is Cc1cc(C)n(Cc2ccc(C(=O)Nc3ccc(F)cc3F)cc2)n1. The molecule has 128 valence electrons. The van der Waals surface area contributed by atoms with Crippen LogP contribution in [0.5, 0.6) is 0 Å². The van der Waals surface area contributed by atoms with Gasteiger partial charge < -0.3 is 5.32 Å². The molecule has 1 aromatic heterocycles. The fraction of sp³-hybridized carbons (Fsp3) is 0.158. The average molecular weight is 341 g/mol. The van der Waals surface area contributed by atoms with Crippen LogP contribution in [-0.4, -0.2) is 15.7 Å². The van der Waals surface area contributed by atoms with E-state index in [4.69, 9.17) is 0 Å². The lowest BCUT2D eigenvalue weighted by atomic mass is 10.1. The molecule has 25 heavy (non-hydrogen) atoms. The number of hydrogen-bond acceptors (Lipinski definition) is 2. The summed E-state index contributed by atoms with van der Waals surface area (Å²) in [6.07, 6.45) is 0. The predicted molar refractivity (Wildman–Crippen MR) is 91.6 cm³/mol. The third kappa shape index (κ3) is 3.91. The van der Waals surface area contributed by atoms with Crippen LogP contribution in [0, 0.1) is 25.5 Å². The van der Waals surface area contributed by atoms with Gasteiger partial charge in [-0.15, -0.1) is 0 Å². The van der Waals surface area contributed by atoms with Gasteiger partial charge in [0.15, 0.2) is 0 Å². The number of carbonyl (C=O) groups is 1. The van der Waals surface area contributed by atoms with E-state index in [0.29, 0.717) is 12.1 Å². The molecule has 1 heterocycles. The topological polar surface area (TPSA) is 46.9 Å². The Bertz CT molecular complexity index is 917. The van der Waals surface area contributed by atoms with E-state index < -0.39 is 17.5 Å². The second-order valence-corrected chi connectivity index (χ2v) is 5.86. The molecule has 2 aromatic carbocycles. The highest BCUT2D eigenvalue weighted by molar-refractivity contribution is 6.04. The van der Waals surface area contributed by atoms with Crippen LogP contribution in [-0.2, 0) is 6.54 Å². The monoisotopic (exact) mass is 341 g/mol. The van der Waals surface area contributed by atoms with E-state index in [1.807, 2.05) is 36.7 Å². The molecule has 0 unspecified atom stereocenters. The molecule has 0 aliphatic carbocycles. The van der Waals surface area contributed by atoms with Gasteiger partial charge in [0.05, 0.1) is 17.9 Å². The first kappa shape index (κ1) is 16.8. The number of aromatic nitrogens is 2. The van der Waals surface area contributed by atoms with Gasteiger partial charge in [0.2, 0.25) is 0 Å². The first-order valence-electron chi connectivity index (χ1n) is 7.79. The lowest BCUT2D eigenvalue weighted by Crippen LogP contribution is -2.13. The second-order valence-electron chi connectivity index (χ2n) is 5.86. The minimum absolute atomic E-state index is 0.0573. The number of aryl methyl sites for hydroxylation is 2. The molecular weight excluding hydrogens is 324 g/mol. The van der Waals surface area contributed by atoms with E-state index in [1.54, 1.807) is 12.1 Å². The van der Waals surface area contributed by atoms with Gasteiger partial charge in [-0.1, -0.05) is 12.1 Å². The summed E-state index contributed by atoms with van der Waals surface area (Å²) in [5.41, 5.74) is 3.34. The summed E-state index contributed by atoms with van der Waals surface area (Å²) in [5, 5.41) is 6.84. The normalized spacial score (nSPS) is 10.7. The summed E-state index contributed by atoms with van der Waals surface area (Å²) in [6.45, 7) is 4.53. The Hall–Kier alpha value is -3.02. The van der Waals surface area contributed by atoms with Crippen molar-refractivity contribution in [3.8, 4) is 0 Å². The van der Waals surface area contributed by atoms with Gasteiger partial charge >= 0.3 is 0 Å². The van der Waals surface area contributed by atoms with Gasteiger partial charge in [-0.3, -0.25) is 9.48 Å². The van der Waals surface area contributed by atoms with Crippen LogP contribution in [0.15, 0.2) is 48.5 Å². The van der Waals surface area contributed by atoms with Crippen LogP contribution in [0.4, 0.5) is 14.5 Å². The zero-order valence-electron chi connectivity index (χ0n) is 13.9. The molecule has 0 aliphatic heterocycles. The van der Waals surface area contributed by atoms with Gasteiger partial charge in [0.25, 0.3) is 5.91 Å². The third-order valence-corrected chi connectivity index (χ3v) is 3.83. The maximum absolute atomic E-state index is 13.6. The van der Waals surface area contributed by atoms with Gasteiger partial charge in [0, 0.05) is 17.3 Å². The predicted octanol–water partition coefficient (Wildman–Crippen LogP) is 4.08. The molecule has 6 heteroatoms. The quantitative estimate of drug-likeness (QED) is 0.777. The highest BCUT2D eigenvalue weighted by atomic mass is 19.1. The molecule has 0 saturated carbocycles. The summed E-state index contributed by atoms with van der Waals surface area (Å²) < 4.78 is 28.4. The Balaban J connectivity index is 1.71. The summed E-state index contributed by atoms with van der Waals surface area (Å²) in [4.78, 5) is 12.2. The van der Waals surface area contributed by atoms with E-state index in [1.165, 1.54) is 6.07 Å². The largest absolute Gasteiger partial charge is 0.319 e. The Morgan fingerprint density at radius 2 is 1.80 bits per heavy atom. The fourth-order valence-corrected chi connectivity index (χ4v) is 2.55. The Labute approximate surface area is 144 Å². The zero-order valence-corrected chi connectivity index (χ0v) is 13.9. The minimum atomic E-state index is -0.811. The lowest BCUT2D eigenvalue weighted by Gasteiger charge is -2.08. The summed E-state index contributed by atoms with van der Waals surface area (Å²) in [5.74, 6) is -1.96. The first-order valence-corrected chi connectivity index (χ1v) is 7.79. The van der Waals surface area contributed by atoms with Crippen molar-refractivity contribution in [2.75, 3.05) is 5.32 Å². The lowest BCUT2D eigenvalue weighted by molar-refractivity contribution is 0.102. The van der Waals surface area contributed by atoms with Gasteiger partial charge in [-0.05, 0) is 49.7 Å². The number of benzene rings is 2. The van der Waals surface area contributed by atoms with Crippen LogP contribution in [0.2, 0.25) is 0 Å². The van der Waals surface area contributed by atoms with Crippen LogP contribution < -0.4 is 5.32 Å². The fourth-order valence-electron chi connectivity index (χ4n) is 2.55. The number of nitrogens with one attached hydrogen (secondary N) is 1. The Morgan fingerprint density at radius 3 is 2.40 bits per heavy atom. The molecule has 3 aromatic rings. The molecule has 0 aliphatic rings. The number of rotatable bonds is 4. The second kappa shape index (κ2) is 6.84. The number of amides is 1. The molecule has 1 N–H and O–H groups in total. The number of nitrogens with zero attached hydrogens (tertiary/aromatic N) is 2. The van der Waals surface area contributed by atoms with E-state index in [-0.39, 0.29) is 5.69 Å². The van der Waals surface area contributed by atoms with E-state index in [2.05, 4.69) is 10.4 Å². The third-order valence-electron chi connectivity index (χ3n) is 3.83. The molecule has 4 nitrogen and oxygen atoms in total. The van der Waals surface area contributed by atoms with E-state index >= 15 is 0 Å². The summed E-state index contributed by atoms with van der Waals surface area (Å²) >= 11 is 0. The summed E-state index contributed by atoms with van der Waals surface area (Å²) in [7, 11) is 0. The molecule has 0 fully saturated rings. The maximum Gasteiger partial charge on any atom is 0.255 e. The molecule has 0 spiro atoms. The van der Waals surface area contributed by atoms with Crippen molar-refractivity contribution in [1.82, 2.24) is 9.78 Å². The molecule has 0 atom stereocenters. The van der Waals surface area contributed by atoms with Crippen molar-refractivity contribution in [3.05, 3.63) is 82.7 Å². The molecule has 0 radical (unpaired) electrons. The number of anilines is 1. The first-order chi connectivity index (χ1) is 11.9. The number of carbonyl (C=O) groups excluding carboxylic acids is 1. The summed E-state index contributed by atoms with van der Waals surface area (Å²) in [6, 6.07) is 12.0. The van der Waals surface area contributed by atoms with Gasteiger partial charge in [-0.25, -0.2) is 8.78 Å². The molecule has 0 bridgehead atoms. The molecular formula is C19H17F2N3O. The zero-order chi connectivity index (χ0) is 18.0. The van der Waals surface area contributed by atoms with Crippen molar-refractivity contribution >= 4 is 11.6 Å². The van der Waals surface area contributed by atoms with Crippen molar-refractivity contribution in [1.29, 1.82) is 0 Å². The number of halogens is 2. The molecule has 3 rings (SSSR count). The van der Waals surface area contributed by atoms with Crippen molar-refractivity contribution in [2.24, 2.45) is 0 Å². The van der Waals surface area contributed by atoms with Crippen LogP contribution >= 0.6 is 0 Å². The highest BCUT2D eigenvalue weighted by Gasteiger charge is 2.10. The maximum atomic E-state index is 13.6. The van der Waals surface area contributed by atoms with Crippen LogP contribution in [0.1, 0.15) is 27.3 Å². The van der Waals surface area contributed by atoms with Crippen molar-refractivity contribution < 1.29 is 13.6 Å². The average Bonchev–Trinajstić information content (AvgIpc) is 2.88. The van der Waals surface area contributed by atoms with Crippen molar-refractivity contribution in [3.63, 3.8) is 0 Å². The van der Waals surface area contributed by atoms with Crippen molar-refractivity contribution in [2.45, 2.75) is 20.4 Å². The van der Waals surface area contributed by atoms with Crippen LogP contribution in [0.3, 0.4) is 0 Å².